The molecule has 0 spiro atoms. The lowest BCUT2D eigenvalue weighted by molar-refractivity contribution is -0.134. The second kappa shape index (κ2) is 14.7. The number of H-pyrrole nitrogens is 2. The maximum absolute atomic E-state index is 13.2. The Morgan fingerprint density at radius 1 is 0.837 bits per heavy atom. The van der Waals surface area contributed by atoms with Crippen molar-refractivity contribution in [1.82, 2.24) is 35.1 Å². The first-order valence-electron chi connectivity index (χ1n) is 17.3. The molecule has 0 aliphatic carbocycles. The first kappa shape index (κ1) is 34.0. The molecule has 0 saturated carbocycles. The molecule has 0 radical (unpaired) electrons. The minimum Gasteiger partial charge on any atom is -0.453 e. The lowest BCUT2D eigenvalue weighted by atomic mass is 10.0. The monoisotopic (exact) mass is 665 g/mol. The number of benzene rings is 2. The van der Waals surface area contributed by atoms with Crippen molar-refractivity contribution in [2.24, 2.45) is 11.8 Å². The summed E-state index contributed by atoms with van der Waals surface area (Å²) in [5.74, 6) is 2.20. The summed E-state index contributed by atoms with van der Waals surface area (Å²) in [6, 6.07) is 16.2. The van der Waals surface area contributed by atoms with Crippen LogP contribution in [0.15, 0.2) is 60.9 Å². The number of hydrogen-bond acceptors (Lipinski definition) is 6. The number of aromatic amines is 2. The lowest BCUT2D eigenvalue weighted by Gasteiger charge is -2.26. The third kappa shape index (κ3) is 7.55. The average Bonchev–Trinajstić information content (AvgIpc) is 3.93. The number of hydrogen-bond donors (Lipinski definition) is 3. The van der Waals surface area contributed by atoms with E-state index in [1.165, 1.54) is 7.11 Å². The van der Waals surface area contributed by atoms with Gasteiger partial charge in [-0.3, -0.25) is 9.59 Å². The highest BCUT2D eigenvalue weighted by Crippen LogP contribution is 2.34. The molecular weight excluding hydrogens is 618 g/mol. The molecule has 3 atom stereocenters. The highest BCUT2D eigenvalue weighted by atomic mass is 16.5. The van der Waals surface area contributed by atoms with Crippen molar-refractivity contribution in [3.63, 3.8) is 0 Å². The third-order valence-corrected chi connectivity index (χ3v) is 9.67. The van der Waals surface area contributed by atoms with Crippen molar-refractivity contribution in [3.8, 4) is 33.6 Å². The predicted molar refractivity (Wildman–Crippen MR) is 188 cm³/mol. The quantitative estimate of drug-likeness (QED) is 0.176. The molecule has 0 bridgehead atoms. The van der Waals surface area contributed by atoms with E-state index in [1.807, 2.05) is 31.1 Å². The summed E-state index contributed by atoms with van der Waals surface area (Å²) in [4.78, 5) is 57.9. The molecule has 49 heavy (non-hydrogen) atoms. The van der Waals surface area contributed by atoms with Gasteiger partial charge in [-0.05, 0) is 53.4 Å². The number of rotatable bonds is 10. The van der Waals surface area contributed by atoms with Crippen molar-refractivity contribution >= 4 is 17.9 Å². The lowest BCUT2D eigenvalue weighted by Crippen LogP contribution is -2.50. The van der Waals surface area contributed by atoms with Crippen LogP contribution in [0, 0.1) is 11.8 Å². The topological polar surface area (TPSA) is 136 Å². The largest absolute Gasteiger partial charge is 0.453 e. The molecule has 2 aromatic heterocycles. The SMILES string of the molecule is COC(=O)N[C@H](C(=O)N1CCC(c2ncc(-c3ccc(-c4ccc(-c5cnc([C@@H]6CCCN6C(=O)CC(C)C)[nH]5)cc4)cc3)[nH]2)C1)C(C)C. The summed E-state index contributed by atoms with van der Waals surface area (Å²) < 4.78 is 4.72. The fourth-order valence-corrected chi connectivity index (χ4v) is 6.92. The van der Waals surface area contributed by atoms with Gasteiger partial charge in [-0.25, -0.2) is 14.8 Å². The minimum atomic E-state index is -0.633. The summed E-state index contributed by atoms with van der Waals surface area (Å²) in [5, 5.41) is 2.68. The molecule has 258 valence electrons. The van der Waals surface area contributed by atoms with Gasteiger partial charge in [0, 0.05) is 32.0 Å². The molecule has 2 fully saturated rings. The van der Waals surface area contributed by atoms with Crippen LogP contribution in [-0.2, 0) is 14.3 Å². The molecule has 3 amide bonds. The van der Waals surface area contributed by atoms with Gasteiger partial charge in [-0.2, -0.15) is 0 Å². The Kier molecular flexibility index (Phi) is 10.2. The maximum atomic E-state index is 13.2. The van der Waals surface area contributed by atoms with Crippen LogP contribution in [0.4, 0.5) is 4.79 Å². The zero-order valence-corrected chi connectivity index (χ0v) is 29.0. The predicted octanol–water partition coefficient (Wildman–Crippen LogP) is 6.54. The van der Waals surface area contributed by atoms with E-state index >= 15 is 0 Å². The fraction of sp³-hybridized carbons (Fsp3) is 0.447. The number of nitrogens with one attached hydrogen (secondary N) is 3. The summed E-state index contributed by atoms with van der Waals surface area (Å²) in [7, 11) is 1.30. The number of carbonyl (C=O) groups is 3. The first-order chi connectivity index (χ1) is 23.6. The van der Waals surface area contributed by atoms with Crippen LogP contribution in [0.25, 0.3) is 33.6 Å². The minimum absolute atomic E-state index is 0.0140. The molecule has 2 aliphatic rings. The van der Waals surface area contributed by atoms with Gasteiger partial charge >= 0.3 is 6.09 Å². The van der Waals surface area contributed by atoms with Crippen LogP contribution < -0.4 is 5.32 Å². The van der Waals surface area contributed by atoms with E-state index in [4.69, 9.17) is 4.74 Å². The molecule has 2 aliphatic heterocycles. The molecule has 4 aromatic rings. The fourth-order valence-electron chi connectivity index (χ4n) is 6.92. The van der Waals surface area contributed by atoms with Crippen LogP contribution >= 0.6 is 0 Å². The first-order valence-corrected chi connectivity index (χ1v) is 17.3. The molecule has 11 nitrogen and oxygen atoms in total. The van der Waals surface area contributed by atoms with Gasteiger partial charge in [0.05, 0.1) is 36.9 Å². The number of ether oxygens (including phenoxy) is 1. The van der Waals surface area contributed by atoms with Gasteiger partial charge in [0.15, 0.2) is 0 Å². The van der Waals surface area contributed by atoms with Crippen LogP contribution in [0.1, 0.15) is 77.0 Å². The van der Waals surface area contributed by atoms with Gasteiger partial charge in [-0.15, -0.1) is 0 Å². The van der Waals surface area contributed by atoms with Crippen molar-refractivity contribution in [3.05, 3.63) is 72.6 Å². The van der Waals surface area contributed by atoms with Crippen molar-refractivity contribution in [2.75, 3.05) is 26.7 Å². The number of amides is 3. The van der Waals surface area contributed by atoms with Crippen LogP contribution in [0.2, 0.25) is 0 Å². The zero-order valence-electron chi connectivity index (χ0n) is 29.0. The van der Waals surface area contributed by atoms with Crippen LogP contribution in [-0.4, -0.2) is 80.4 Å². The van der Waals surface area contributed by atoms with E-state index in [0.29, 0.717) is 25.4 Å². The zero-order chi connectivity index (χ0) is 34.7. The number of aromatic nitrogens is 4. The summed E-state index contributed by atoms with van der Waals surface area (Å²) in [6.45, 7) is 9.92. The number of imidazole rings is 2. The van der Waals surface area contributed by atoms with E-state index in [2.05, 4.69) is 87.6 Å². The maximum Gasteiger partial charge on any atom is 0.407 e. The molecule has 1 unspecified atom stereocenters. The molecular formula is C38H47N7O4. The highest BCUT2D eigenvalue weighted by molar-refractivity contribution is 5.86. The summed E-state index contributed by atoms with van der Waals surface area (Å²) >= 11 is 0. The molecule has 2 saturated heterocycles. The van der Waals surface area contributed by atoms with Gasteiger partial charge in [0.25, 0.3) is 0 Å². The molecule has 6 rings (SSSR count). The van der Waals surface area contributed by atoms with E-state index in [9.17, 15) is 14.4 Å². The second-order valence-corrected chi connectivity index (χ2v) is 14.0. The number of methoxy groups -OCH3 is 1. The Morgan fingerprint density at radius 3 is 1.98 bits per heavy atom. The molecule has 3 N–H and O–H groups in total. The Morgan fingerprint density at radius 2 is 1.41 bits per heavy atom. The molecule has 2 aromatic carbocycles. The van der Waals surface area contributed by atoms with Crippen LogP contribution in [0.5, 0.6) is 0 Å². The van der Waals surface area contributed by atoms with Gasteiger partial charge in [0.2, 0.25) is 11.8 Å². The number of carbonyl (C=O) groups excluding carboxylic acids is 3. The van der Waals surface area contributed by atoms with E-state index in [1.54, 1.807) is 4.90 Å². The standard InChI is InChI=1S/C38H47N7O4/c1-23(2)19-33(46)45-17-6-7-32(45)36-40-21-31(42-36)28-14-10-26(11-15-28)25-8-12-27(13-9-25)30-20-39-35(41-30)29-16-18-44(22-29)37(47)34(24(3)4)43-38(48)49-5/h8-15,20-21,23-24,29,32,34H,6-7,16-19,22H2,1-5H3,(H,39,41)(H,40,42)(H,43,48)/t29?,32-,34-/m0/s1. The van der Waals surface area contributed by atoms with E-state index < -0.39 is 12.1 Å². The van der Waals surface area contributed by atoms with Gasteiger partial charge in [-0.1, -0.05) is 76.2 Å². The number of likely N-dealkylation sites (tertiary alicyclic amines) is 2. The Bertz CT molecular complexity index is 1760. The van der Waals surface area contributed by atoms with Crippen LogP contribution in [0.3, 0.4) is 0 Å². The van der Waals surface area contributed by atoms with Gasteiger partial charge in [0.1, 0.15) is 17.7 Å². The van der Waals surface area contributed by atoms with E-state index in [-0.39, 0.29) is 29.7 Å². The Hall–Kier alpha value is -4.93. The molecule has 4 heterocycles. The number of nitrogens with zero attached hydrogens (tertiary/aromatic N) is 4. The number of alkyl carbamates (subject to hydrolysis) is 1. The Labute approximate surface area is 287 Å². The third-order valence-electron chi connectivity index (χ3n) is 9.67. The smallest absolute Gasteiger partial charge is 0.407 e. The van der Waals surface area contributed by atoms with Crippen molar-refractivity contribution < 1.29 is 19.1 Å². The summed E-state index contributed by atoms with van der Waals surface area (Å²) in [5.41, 5.74) is 6.17. The second-order valence-electron chi connectivity index (χ2n) is 14.0. The van der Waals surface area contributed by atoms with Gasteiger partial charge < -0.3 is 29.8 Å². The molecule has 11 heteroatoms. The van der Waals surface area contributed by atoms with Crippen molar-refractivity contribution in [2.45, 2.75) is 71.4 Å². The highest BCUT2D eigenvalue weighted by Gasteiger charge is 2.35. The summed E-state index contributed by atoms with van der Waals surface area (Å²) in [6.07, 6.45) is 6.41. The van der Waals surface area contributed by atoms with Crippen molar-refractivity contribution in [1.29, 1.82) is 0 Å². The average molecular weight is 666 g/mol. The Balaban J connectivity index is 1.07. The normalized spacial score (nSPS) is 18.3. The van der Waals surface area contributed by atoms with E-state index in [0.717, 1.165) is 71.1 Å².